The van der Waals surface area contributed by atoms with Crippen molar-refractivity contribution in [3.63, 3.8) is 0 Å². The van der Waals surface area contributed by atoms with E-state index in [4.69, 9.17) is 16.1 Å². The Kier molecular flexibility index (Phi) is 11.8. The summed E-state index contributed by atoms with van der Waals surface area (Å²) in [6, 6.07) is -1.99. The number of amides is 3. The highest BCUT2D eigenvalue weighted by Gasteiger charge is 2.20. The first kappa shape index (κ1) is 21.6. The van der Waals surface area contributed by atoms with E-state index in [1.54, 1.807) is 0 Å². The van der Waals surface area contributed by atoms with Gasteiger partial charge in [-0.05, 0) is 25.7 Å². The fourth-order valence-corrected chi connectivity index (χ4v) is 1.62. The molecule has 24 heavy (non-hydrogen) atoms. The van der Waals surface area contributed by atoms with Gasteiger partial charge in [0, 0.05) is 13.0 Å². The molecule has 0 aliphatic carbocycles. The molecule has 1 atom stereocenters. The molecule has 0 aromatic heterocycles. The summed E-state index contributed by atoms with van der Waals surface area (Å²) in [5.41, 5.74) is 0. The number of carboxylic acid groups (broad SMARTS) is 2. The van der Waals surface area contributed by atoms with E-state index in [0.29, 0.717) is 25.8 Å². The second-order valence-corrected chi connectivity index (χ2v) is 4.80. The summed E-state index contributed by atoms with van der Waals surface area (Å²) in [5.74, 6) is 1.98. The zero-order chi connectivity index (χ0) is 18.4. The smallest absolute Gasteiger partial charge is 0.326 e. The predicted octanol–water partition coefficient (Wildman–Crippen LogP) is -1.06. The van der Waals surface area contributed by atoms with E-state index in [-0.39, 0.29) is 25.4 Å². The largest absolute Gasteiger partial charge is 0.481 e. The zero-order valence-electron chi connectivity index (χ0n) is 13.1. The van der Waals surface area contributed by atoms with Crippen LogP contribution in [-0.4, -0.2) is 53.3 Å². The van der Waals surface area contributed by atoms with E-state index in [0.717, 1.165) is 0 Å². The second kappa shape index (κ2) is 13.1. The van der Waals surface area contributed by atoms with Gasteiger partial charge in [0.25, 0.3) is 0 Å². The molecule has 1 radical (unpaired) electrons. The fourth-order valence-electron chi connectivity index (χ4n) is 1.62. The topological polar surface area (TPSA) is 180 Å². The number of hydrogen-bond donors (Lipinski definition) is 6. The Labute approximate surface area is 138 Å². The van der Waals surface area contributed by atoms with Crippen LogP contribution in [0.5, 0.6) is 0 Å². The molecule has 0 aliphatic heterocycles. The number of carbonyl (C=O) groups excluding carboxylic acids is 2. The number of aliphatic carboxylic acids is 2. The average Bonchev–Trinajstić information content (AvgIpc) is 2.50. The number of unbranched alkanes of at least 4 members (excludes halogenated alkanes) is 2. The number of urea groups is 1. The van der Waals surface area contributed by atoms with E-state index in [2.05, 4.69) is 20.8 Å². The Hall–Kier alpha value is -2.40. The minimum absolute atomic E-state index is 0.204. The molecule has 1 unspecified atom stereocenters. The molecule has 0 aliphatic rings. The van der Waals surface area contributed by atoms with Crippen LogP contribution >= 0.6 is 0 Å². The monoisotopic (exact) mass is 347 g/mol. The van der Waals surface area contributed by atoms with E-state index in [9.17, 15) is 19.2 Å². The van der Waals surface area contributed by atoms with Crippen molar-refractivity contribution in [2.24, 2.45) is 5.90 Å². The lowest BCUT2D eigenvalue weighted by atomic mass is 10.1. The molecular formula is C13H23N4O7. The van der Waals surface area contributed by atoms with Crippen LogP contribution in [0.1, 0.15) is 32.1 Å². The van der Waals surface area contributed by atoms with Crippen molar-refractivity contribution in [2.75, 3.05) is 13.2 Å². The molecule has 0 aromatic rings. The van der Waals surface area contributed by atoms with E-state index < -0.39 is 24.0 Å². The maximum atomic E-state index is 11.5. The molecule has 0 spiro atoms. The van der Waals surface area contributed by atoms with Gasteiger partial charge in [-0.1, -0.05) is 0 Å². The van der Waals surface area contributed by atoms with Crippen molar-refractivity contribution in [1.29, 1.82) is 0 Å². The Bertz CT molecular complexity index is 431. The summed E-state index contributed by atoms with van der Waals surface area (Å²) in [5, 5.41) is 24.5. The summed E-state index contributed by atoms with van der Waals surface area (Å²) in [6.07, 6.45) is 1.31. The highest BCUT2D eigenvalue weighted by Crippen LogP contribution is 1.99. The highest BCUT2D eigenvalue weighted by molar-refractivity contribution is 5.83. The van der Waals surface area contributed by atoms with Crippen LogP contribution in [0.15, 0.2) is 0 Å². The van der Waals surface area contributed by atoms with Crippen molar-refractivity contribution < 1.29 is 34.2 Å². The molecule has 0 bridgehead atoms. The van der Waals surface area contributed by atoms with Gasteiger partial charge in [-0.15, -0.1) is 0 Å². The quantitative estimate of drug-likeness (QED) is 0.180. The average molecular weight is 347 g/mol. The summed E-state index contributed by atoms with van der Waals surface area (Å²) in [4.78, 5) is 48.0. The van der Waals surface area contributed by atoms with Crippen LogP contribution in [-0.2, 0) is 19.2 Å². The maximum Gasteiger partial charge on any atom is 0.326 e. The van der Waals surface area contributed by atoms with Gasteiger partial charge in [0.15, 0.2) is 0 Å². The minimum atomic E-state index is -1.30. The van der Waals surface area contributed by atoms with Crippen LogP contribution in [0, 0.1) is 6.54 Å². The number of nitrogens with two attached hydrogens (primary N) is 1. The normalized spacial score (nSPS) is 11.4. The summed E-state index contributed by atoms with van der Waals surface area (Å²) in [6.45, 7) is 1.69. The first-order chi connectivity index (χ1) is 11.4. The number of hydrogen-bond acceptors (Lipinski definition) is 6. The van der Waals surface area contributed by atoms with Crippen molar-refractivity contribution >= 4 is 23.9 Å². The maximum absolute atomic E-state index is 11.5. The lowest BCUT2D eigenvalue weighted by Crippen LogP contribution is -2.45. The Balaban J connectivity index is 3.75. The van der Waals surface area contributed by atoms with Gasteiger partial charge in [-0.2, -0.15) is 0 Å². The Morgan fingerprint density at radius 3 is 2.46 bits per heavy atom. The lowest BCUT2D eigenvalue weighted by molar-refractivity contribution is -0.140. The fraction of sp³-hybridized carbons (Fsp3) is 0.615. The first-order valence-corrected chi connectivity index (χ1v) is 7.28. The van der Waals surface area contributed by atoms with Crippen LogP contribution in [0.3, 0.4) is 0 Å². The second-order valence-electron chi connectivity index (χ2n) is 4.80. The molecule has 0 saturated carbocycles. The third kappa shape index (κ3) is 12.2. The van der Waals surface area contributed by atoms with Gasteiger partial charge >= 0.3 is 18.0 Å². The molecule has 0 rings (SSSR count). The number of carboxylic acids is 2. The molecule has 137 valence electrons. The van der Waals surface area contributed by atoms with Crippen molar-refractivity contribution in [2.45, 2.75) is 38.1 Å². The molecular weight excluding hydrogens is 324 g/mol. The van der Waals surface area contributed by atoms with Crippen LogP contribution in [0.2, 0.25) is 0 Å². The molecule has 0 aromatic carbocycles. The minimum Gasteiger partial charge on any atom is -0.481 e. The Morgan fingerprint density at radius 1 is 1.17 bits per heavy atom. The standard InChI is InChI=1S/C13H23N4O7/c14-24-8-10(18)15-6-2-1-3-7-16-13(23)17-9(12(21)22)4-5-11(19)20/h7,9H,1-6,8,14H2,(H,15,18)(H,19,20)(H,21,22)(H2,16,17,23). The van der Waals surface area contributed by atoms with Crippen molar-refractivity contribution in [3.05, 3.63) is 6.54 Å². The molecule has 11 heteroatoms. The molecule has 11 nitrogen and oxygen atoms in total. The van der Waals surface area contributed by atoms with Crippen LogP contribution in [0.25, 0.3) is 0 Å². The Morgan fingerprint density at radius 2 is 1.88 bits per heavy atom. The molecule has 0 heterocycles. The molecule has 3 amide bonds. The summed E-state index contributed by atoms with van der Waals surface area (Å²) in [7, 11) is 0. The number of carbonyl (C=O) groups is 4. The highest BCUT2D eigenvalue weighted by atomic mass is 16.6. The van der Waals surface area contributed by atoms with Crippen LogP contribution in [0.4, 0.5) is 4.79 Å². The summed E-state index contributed by atoms with van der Waals surface area (Å²) < 4.78 is 0. The third-order valence-electron chi connectivity index (χ3n) is 2.80. The SMILES string of the molecule is NOCC(=O)NCCCC[CH]NC(=O)NC(CCC(=O)O)C(=O)O. The molecule has 0 fully saturated rings. The van der Waals surface area contributed by atoms with Gasteiger partial charge < -0.3 is 26.2 Å². The molecule has 7 N–H and O–H groups in total. The van der Waals surface area contributed by atoms with Crippen LogP contribution < -0.4 is 21.8 Å². The van der Waals surface area contributed by atoms with Gasteiger partial charge in [-0.25, -0.2) is 15.5 Å². The van der Waals surface area contributed by atoms with Gasteiger partial charge in [-0.3, -0.25) is 14.4 Å². The zero-order valence-corrected chi connectivity index (χ0v) is 13.1. The third-order valence-corrected chi connectivity index (χ3v) is 2.80. The van der Waals surface area contributed by atoms with E-state index >= 15 is 0 Å². The lowest BCUT2D eigenvalue weighted by Gasteiger charge is -2.14. The summed E-state index contributed by atoms with van der Waals surface area (Å²) >= 11 is 0. The first-order valence-electron chi connectivity index (χ1n) is 7.28. The van der Waals surface area contributed by atoms with Gasteiger partial charge in [0.2, 0.25) is 5.91 Å². The van der Waals surface area contributed by atoms with Crippen molar-refractivity contribution in [3.8, 4) is 0 Å². The van der Waals surface area contributed by atoms with Gasteiger partial charge in [0.05, 0.1) is 6.54 Å². The number of rotatable bonds is 13. The van der Waals surface area contributed by atoms with E-state index in [1.807, 2.05) is 0 Å². The van der Waals surface area contributed by atoms with E-state index in [1.165, 1.54) is 6.54 Å². The molecule has 0 saturated heterocycles. The predicted molar refractivity (Wildman–Crippen MR) is 81.3 cm³/mol. The number of nitrogens with one attached hydrogen (secondary N) is 3. The van der Waals surface area contributed by atoms with Gasteiger partial charge in [0.1, 0.15) is 12.6 Å². The van der Waals surface area contributed by atoms with Crippen molar-refractivity contribution in [1.82, 2.24) is 16.0 Å².